The van der Waals surface area contributed by atoms with Crippen molar-refractivity contribution in [2.24, 2.45) is 17.3 Å². The van der Waals surface area contributed by atoms with Gasteiger partial charge in [0.15, 0.2) is 0 Å². The number of fused-ring (bicyclic) bond motifs is 5. The molecule has 2 saturated carbocycles. The number of hydrogen-bond donors (Lipinski definition) is 3. The van der Waals surface area contributed by atoms with Crippen molar-refractivity contribution in [3.8, 4) is 17.2 Å². The van der Waals surface area contributed by atoms with Crippen LogP contribution in [0.5, 0.6) is 17.2 Å². The Labute approximate surface area is 230 Å². The van der Waals surface area contributed by atoms with Crippen LogP contribution in [0.25, 0.3) is 0 Å². The lowest BCUT2D eigenvalue weighted by molar-refractivity contribution is -0.0281. The summed E-state index contributed by atoms with van der Waals surface area (Å²) in [5.74, 6) is 2.39. The number of phenols is 1. The summed E-state index contributed by atoms with van der Waals surface area (Å²) in [4.78, 5) is 12.3. The molecule has 3 aliphatic rings. The van der Waals surface area contributed by atoms with Gasteiger partial charge in [0.1, 0.15) is 17.2 Å². The molecule has 0 spiro atoms. The highest BCUT2D eigenvalue weighted by atomic mass is 16.5. The number of esters is 1. The molecule has 3 aliphatic carbocycles. The number of phenolic OH excluding ortho intramolecular Hbond substituents is 1. The molecule has 3 unspecified atom stereocenters. The molecule has 0 bridgehead atoms. The summed E-state index contributed by atoms with van der Waals surface area (Å²) in [6.07, 6.45) is 4.81. The van der Waals surface area contributed by atoms with Gasteiger partial charge in [-0.15, -0.1) is 0 Å². The summed E-state index contributed by atoms with van der Waals surface area (Å²) in [7, 11) is 1.72. The van der Waals surface area contributed by atoms with E-state index in [1.807, 2.05) is 6.07 Å². The number of nitrogens with one attached hydrogen (secondary N) is 1. The third-order valence-corrected chi connectivity index (χ3v) is 9.77. The normalized spacial score (nSPS) is 29.2. The number of rotatable bonds is 6. The van der Waals surface area contributed by atoms with Crippen LogP contribution in [0.1, 0.15) is 65.6 Å². The smallest absolute Gasteiger partial charge is 0.343 e. The highest BCUT2D eigenvalue weighted by molar-refractivity contribution is 5.91. The van der Waals surface area contributed by atoms with Gasteiger partial charge in [0.25, 0.3) is 0 Å². The number of aliphatic hydroxyl groups excluding tert-OH is 1. The van der Waals surface area contributed by atoms with Crippen LogP contribution in [-0.2, 0) is 13.0 Å². The van der Waals surface area contributed by atoms with Crippen molar-refractivity contribution in [2.45, 2.75) is 63.6 Å². The summed E-state index contributed by atoms with van der Waals surface area (Å²) in [5, 5.41) is 25.7. The minimum Gasteiger partial charge on any atom is -0.507 e. The first-order valence-corrected chi connectivity index (χ1v) is 14.0. The summed E-state index contributed by atoms with van der Waals surface area (Å²) >= 11 is 0. The number of carbonyl (C=O) groups excluding carboxylic acids is 1. The molecule has 204 valence electrons. The third kappa shape index (κ3) is 4.70. The zero-order valence-electron chi connectivity index (χ0n) is 22.6. The average Bonchev–Trinajstić information content (AvgIpc) is 3.22. The van der Waals surface area contributed by atoms with Crippen molar-refractivity contribution in [1.29, 1.82) is 0 Å². The van der Waals surface area contributed by atoms with Gasteiger partial charge in [-0.3, -0.25) is 0 Å². The second kappa shape index (κ2) is 10.3. The largest absolute Gasteiger partial charge is 0.507 e. The second-order valence-corrected chi connectivity index (χ2v) is 11.7. The Bertz CT molecular complexity index is 1360. The fraction of sp³-hybridized carbons (Fsp3) is 0.424. The Morgan fingerprint density at radius 1 is 1.05 bits per heavy atom. The zero-order valence-corrected chi connectivity index (χ0v) is 22.6. The highest BCUT2D eigenvalue weighted by Gasteiger charge is 2.57. The van der Waals surface area contributed by atoms with E-state index in [-0.39, 0.29) is 17.2 Å². The first kappa shape index (κ1) is 25.9. The van der Waals surface area contributed by atoms with E-state index >= 15 is 0 Å². The van der Waals surface area contributed by atoms with Gasteiger partial charge < -0.3 is 25.0 Å². The van der Waals surface area contributed by atoms with Gasteiger partial charge in [-0.05, 0) is 96.7 Å². The van der Waals surface area contributed by atoms with Gasteiger partial charge in [-0.2, -0.15) is 0 Å². The van der Waals surface area contributed by atoms with Gasteiger partial charge >= 0.3 is 5.97 Å². The van der Waals surface area contributed by atoms with Crippen LogP contribution in [0, 0.1) is 17.3 Å². The van der Waals surface area contributed by atoms with Crippen LogP contribution in [0.4, 0.5) is 0 Å². The Morgan fingerprint density at radius 2 is 1.85 bits per heavy atom. The topological polar surface area (TPSA) is 88.0 Å². The summed E-state index contributed by atoms with van der Waals surface area (Å²) in [5.41, 5.74) is 3.94. The lowest BCUT2D eigenvalue weighted by Gasteiger charge is -2.50. The van der Waals surface area contributed by atoms with Gasteiger partial charge in [0.2, 0.25) is 0 Å². The molecule has 2 fully saturated rings. The SMILES string of the molecule is COc1ccc2c(c1)CCC1C2CC[C@@]2(C)C1C[C@@H](NCc1ccc(OC(=O)c3ccccc3)cc1O)[C@@H]2O. The fourth-order valence-electron chi connectivity index (χ4n) is 7.64. The minimum atomic E-state index is -0.464. The van der Waals surface area contributed by atoms with Crippen LogP contribution in [0.3, 0.4) is 0 Å². The van der Waals surface area contributed by atoms with Crippen molar-refractivity contribution >= 4 is 5.97 Å². The molecule has 39 heavy (non-hydrogen) atoms. The Morgan fingerprint density at radius 3 is 2.62 bits per heavy atom. The van der Waals surface area contributed by atoms with E-state index in [0.29, 0.717) is 41.2 Å². The predicted octanol–water partition coefficient (Wildman–Crippen LogP) is 5.61. The number of ether oxygens (including phenoxy) is 2. The Balaban J connectivity index is 1.12. The number of aliphatic hydroxyl groups is 1. The molecule has 0 aliphatic heterocycles. The van der Waals surface area contributed by atoms with Gasteiger partial charge in [0, 0.05) is 24.2 Å². The Hall–Kier alpha value is -3.35. The molecule has 6 nitrogen and oxygen atoms in total. The lowest BCUT2D eigenvalue weighted by atomic mass is 9.55. The number of hydrogen-bond acceptors (Lipinski definition) is 6. The van der Waals surface area contributed by atoms with Crippen LogP contribution in [-0.4, -0.2) is 35.4 Å². The lowest BCUT2D eigenvalue weighted by Crippen LogP contribution is -2.46. The zero-order chi connectivity index (χ0) is 27.1. The van der Waals surface area contributed by atoms with Crippen molar-refractivity contribution in [2.75, 3.05) is 7.11 Å². The fourth-order valence-corrected chi connectivity index (χ4v) is 7.64. The average molecular weight is 528 g/mol. The predicted molar refractivity (Wildman–Crippen MR) is 149 cm³/mol. The first-order valence-electron chi connectivity index (χ1n) is 14.0. The standard InChI is InChI=1S/C33H37NO5/c1-33-15-14-26-25-13-11-23(38-2)16-21(25)9-12-27(26)28(33)18-29(31(33)36)34-19-22-8-10-24(17-30(22)35)39-32(37)20-6-4-3-5-7-20/h3-8,10-11,13,16-17,26-29,31,34-36H,9,12,14-15,18-19H2,1-2H3/t26?,27?,28?,29-,31+,33+/m1/s1. The third-order valence-electron chi connectivity index (χ3n) is 9.77. The van der Waals surface area contributed by atoms with E-state index in [0.717, 1.165) is 37.9 Å². The molecule has 0 aromatic heterocycles. The quantitative estimate of drug-likeness (QED) is 0.286. The molecule has 6 heteroatoms. The van der Waals surface area contributed by atoms with Crippen molar-refractivity contribution in [3.05, 3.63) is 89.0 Å². The van der Waals surface area contributed by atoms with E-state index in [9.17, 15) is 15.0 Å². The molecular weight excluding hydrogens is 490 g/mol. The first-order chi connectivity index (χ1) is 18.9. The van der Waals surface area contributed by atoms with Crippen molar-refractivity contribution < 1.29 is 24.5 Å². The van der Waals surface area contributed by atoms with E-state index in [4.69, 9.17) is 9.47 Å². The number of carbonyl (C=O) groups is 1. The monoisotopic (exact) mass is 527 g/mol. The van der Waals surface area contributed by atoms with Crippen LogP contribution in [0.15, 0.2) is 66.7 Å². The molecule has 6 atom stereocenters. The van der Waals surface area contributed by atoms with Crippen molar-refractivity contribution in [1.82, 2.24) is 5.32 Å². The van der Waals surface area contributed by atoms with Crippen LogP contribution < -0.4 is 14.8 Å². The molecular formula is C33H37NO5. The summed E-state index contributed by atoms with van der Waals surface area (Å²) in [6.45, 7) is 2.71. The highest BCUT2D eigenvalue weighted by Crippen LogP contribution is 2.61. The molecule has 0 saturated heterocycles. The maximum absolute atomic E-state index is 12.3. The van der Waals surface area contributed by atoms with Gasteiger partial charge in [0.05, 0.1) is 18.8 Å². The molecule has 0 amide bonds. The van der Waals surface area contributed by atoms with Gasteiger partial charge in [-0.1, -0.05) is 37.3 Å². The van der Waals surface area contributed by atoms with E-state index in [1.165, 1.54) is 17.2 Å². The molecule has 6 rings (SSSR count). The molecule has 3 aromatic rings. The van der Waals surface area contributed by atoms with E-state index in [1.54, 1.807) is 43.5 Å². The number of aryl methyl sites for hydroxylation is 1. The van der Waals surface area contributed by atoms with E-state index < -0.39 is 12.1 Å². The van der Waals surface area contributed by atoms with Crippen molar-refractivity contribution in [3.63, 3.8) is 0 Å². The molecule has 3 N–H and O–H groups in total. The molecule has 0 radical (unpaired) electrons. The summed E-state index contributed by atoms with van der Waals surface area (Å²) < 4.78 is 10.9. The van der Waals surface area contributed by atoms with Crippen LogP contribution >= 0.6 is 0 Å². The second-order valence-electron chi connectivity index (χ2n) is 11.7. The van der Waals surface area contributed by atoms with Gasteiger partial charge in [-0.25, -0.2) is 4.79 Å². The minimum absolute atomic E-state index is 0.0361. The number of benzene rings is 3. The molecule has 0 heterocycles. The maximum Gasteiger partial charge on any atom is 0.343 e. The number of methoxy groups -OCH3 is 1. The molecule has 3 aromatic carbocycles. The maximum atomic E-state index is 12.3. The van der Waals surface area contributed by atoms with Crippen LogP contribution in [0.2, 0.25) is 0 Å². The summed E-state index contributed by atoms with van der Waals surface area (Å²) in [6, 6.07) is 20.2. The number of aromatic hydroxyl groups is 1. The Kier molecular flexibility index (Phi) is 6.86. The van der Waals surface area contributed by atoms with E-state index in [2.05, 4.69) is 30.4 Å².